The first-order chi connectivity index (χ1) is 13.2. The summed E-state index contributed by atoms with van der Waals surface area (Å²) in [6.45, 7) is 5.12. The Morgan fingerprint density at radius 2 is 2.07 bits per heavy atom. The van der Waals surface area contributed by atoms with E-state index in [-0.39, 0.29) is 11.5 Å². The fourth-order valence-electron chi connectivity index (χ4n) is 4.65. The molecule has 0 radical (unpaired) electrons. The molecule has 2 aromatic rings. The van der Waals surface area contributed by atoms with Crippen molar-refractivity contribution in [1.29, 1.82) is 0 Å². The van der Waals surface area contributed by atoms with Crippen LogP contribution < -0.4 is 0 Å². The number of furan rings is 1. The Morgan fingerprint density at radius 1 is 1.22 bits per heavy atom. The van der Waals surface area contributed by atoms with Gasteiger partial charge in [0.15, 0.2) is 5.76 Å². The van der Waals surface area contributed by atoms with Crippen molar-refractivity contribution in [3.8, 4) is 0 Å². The van der Waals surface area contributed by atoms with Crippen molar-refractivity contribution < 1.29 is 13.9 Å². The average molecular weight is 370 g/mol. The van der Waals surface area contributed by atoms with Crippen molar-refractivity contribution in [3.05, 3.63) is 42.4 Å². The Hall–Kier alpha value is -2.12. The highest BCUT2D eigenvalue weighted by Gasteiger charge is 2.52. The predicted molar refractivity (Wildman–Crippen MR) is 98.5 cm³/mol. The Kier molecular flexibility index (Phi) is 4.28. The highest BCUT2D eigenvalue weighted by molar-refractivity contribution is 5.92. The zero-order valence-electron chi connectivity index (χ0n) is 15.5. The van der Waals surface area contributed by atoms with Gasteiger partial charge in [0, 0.05) is 18.4 Å². The van der Waals surface area contributed by atoms with Gasteiger partial charge in [-0.1, -0.05) is 6.42 Å². The molecule has 3 fully saturated rings. The number of amides is 1. The minimum atomic E-state index is -0.135. The second-order valence-corrected chi connectivity index (χ2v) is 8.11. The van der Waals surface area contributed by atoms with Gasteiger partial charge in [0.1, 0.15) is 11.4 Å². The predicted octanol–water partition coefficient (Wildman–Crippen LogP) is 1.99. The van der Waals surface area contributed by atoms with E-state index in [1.165, 1.54) is 32.4 Å². The van der Waals surface area contributed by atoms with E-state index in [1.807, 2.05) is 21.7 Å². The number of ether oxygens (including phenoxy) is 1. The maximum atomic E-state index is 12.7. The molecule has 3 aliphatic rings. The Morgan fingerprint density at radius 3 is 2.85 bits per heavy atom. The van der Waals surface area contributed by atoms with Gasteiger partial charge in [0.05, 0.1) is 32.6 Å². The standard InChI is InChI=1S/C20H26N4O3/c25-19(18-5-4-17(27-18)11-22-9-6-21-15-22)24-13-20(14-24)10-16(12-26-20)23-7-2-1-3-8-23/h4-6,9,15-16H,1-3,7-8,10-14H2. The van der Waals surface area contributed by atoms with Crippen LogP contribution in [0.3, 0.4) is 0 Å². The van der Waals surface area contributed by atoms with Crippen molar-refractivity contribution in [2.45, 2.75) is 43.9 Å². The van der Waals surface area contributed by atoms with Crippen molar-refractivity contribution in [2.75, 3.05) is 32.8 Å². The van der Waals surface area contributed by atoms with Crippen molar-refractivity contribution in [3.63, 3.8) is 0 Å². The van der Waals surface area contributed by atoms with Gasteiger partial charge in [-0.25, -0.2) is 4.98 Å². The van der Waals surface area contributed by atoms with Crippen LogP contribution in [0.5, 0.6) is 0 Å². The molecule has 0 aliphatic carbocycles. The van der Waals surface area contributed by atoms with Gasteiger partial charge in [0.2, 0.25) is 0 Å². The molecule has 144 valence electrons. The van der Waals surface area contributed by atoms with Crippen LogP contribution in [0, 0.1) is 0 Å². The van der Waals surface area contributed by atoms with Crippen molar-refractivity contribution >= 4 is 5.91 Å². The van der Waals surface area contributed by atoms with E-state index in [0.29, 0.717) is 31.4 Å². The molecule has 5 rings (SSSR count). The number of rotatable bonds is 4. The smallest absolute Gasteiger partial charge is 0.289 e. The molecule has 3 saturated heterocycles. The van der Waals surface area contributed by atoms with Crippen LogP contribution in [-0.2, 0) is 11.3 Å². The topological polar surface area (TPSA) is 63.7 Å². The van der Waals surface area contributed by atoms with E-state index in [4.69, 9.17) is 9.15 Å². The molecule has 1 spiro atoms. The number of imidazole rings is 1. The number of likely N-dealkylation sites (tertiary alicyclic amines) is 2. The largest absolute Gasteiger partial charge is 0.454 e. The lowest BCUT2D eigenvalue weighted by Gasteiger charge is -2.47. The molecule has 5 heterocycles. The van der Waals surface area contributed by atoms with Gasteiger partial charge in [-0.3, -0.25) is 9.69 Å². The first-order valence-electron chi connectivity index (χ1n) is 9.93. The first kappa shape index (κ1) is 17.0. The van der Waals surface area contributed by atoms with Crippen molar-refractivity contribution in [1.82, 2.24) is 19.4 Å². The molecule has 7 nitrogen and oxygen atoms in total. The van der Waals surface area contributed by atoms with Gasteiger partial charge in [-0.15, -0.1) is 0 Å². The van der Waals surface area contributed by atoms with E-state index in [2.05, 4.69) is 9.88 Å². The summed E-state index contributed by atoms with van der Waals surface area (Å²) in [5, 5.41) is 0. The quantitative estimate of drug-likeness (QED) is 0.824. The van der Waals surface area contributed by atoms with Crippen LogP contribution in [0.1, 0.15) is 42.0 Å². The van der Waals surface area contributed by atoms with Crippen LogP contribution in [0.2, 0.25) is 0 Å². The second kappa shape index (κ2) is 6.80. The van der Waals surface area contributed by atoms with Crippen LogP contribution in [0.25, 0.3) is 0 Å². The summed E-state index contributed by atoms with van der Waals surface area (Å²) < 4.78 is 13.8. The molecule has 7 heteroatoms. The van der Waals surface area contributed by atoms with E-state index < -0.39 is 0 Å². The third-order valence-corrected chi connectivity index (χ3v) is 6.11. The monoisotopic (exact) mass is 370 g/mol. The number of nitrogens with zero attached hydrogens (tertiary/aromatic N) is 4. The summed E-state index contributed by atoms with van der Waals surface area (Å²) in [5.41, 5.74) is -0.135. The molecule has 0 bridgehead atoms. The fraction of sp³-hybridized carbons (Fsp3) is 0.600. The maximum absolute atomic E-state index is 12.7. The average Bonchev–Trinajstić information content (AvgIpc) is 3.42. The lowest BCUT2D eigenvalue weighted by Crippen LogP contribution is -2.63. The summed E-state index contributed by atoms with van der Waals surface area (Å²) in [7, 11) is 0. The molecule has 0 N–H and O–H groups in total. The summed E-state index contributed by atoms with van der Waals surface area (Å²) in [5.74, 6) is 1.13. The van der Waals surface area contributed by atoms with Gasteiger partial charge in [-0.2, -0.15) is 0 Å². The van der Waals surface area contributed by atoms with Gasteiger partial charge in [0.25, 0.3) is 5.91 Å². The lowest BCUT2D eigenvalue weighted by molar-refractivity contribution is -0.0957. The van der Waals surface area contributed by atoms with Gasteiger partial charge in [-0.05, 0) is 44.5 Å². The molecular weight excluding hydrogens is 344 g/mol. The highest BCUT2D eigenvalue weighted by Crippen LogP contribution is 2.38. The summed E-state index contributed by atoms with van der Waals surface area (Å²) >= 11 is 0. The Bertz CT molecular complexity index is 788. The fourth-order valence-corrected chi connectivity index (χ4v) is 4.65. The number of carbonyl (C=O) groups excluding carboxylic acids is 1. The molecule has 3 aliphatic heterocycles. The molecule has 27 heavy (non-hydrogen) atoms. The molecular formula is C20H26N4O3. The molecule has 1 unspecified atom stereocenters. The first-order valence-corrected chi connectivity index (χ1v) is 9.93. The third-order valence-electron chi connectivity index (χ3n) is 6.11. The molecule has 2 aromatic heterocycles. The number of hydrogen-bond donors (Lipinski definition) is 0. The Labute approximate surface area is 158 Å². The van der Waals surface area contributed by atoms with E-state index in [1.54, 1.807) is 18.6 Å². The van der Waals surface area contributed by atoms with Crippen LogP contribution in [0.4, 0.5) is 0 Å². The zero-order valence-corrected chi connectivity index (χ0v) is 15.5. The SMILES string of the molecule is O=C(c1ccc(Cn2ccnc2)o1)N1CC2(CC(N3CCCCC3)CO2)C1. The van der Waals surface area contributed by atoms with E-state index in [0.717, 1.165) is 18.8 Å². The van der Waals surface area contributed by atoms with Crippen LogP contribution in [-0.4, -0.2) is 69.7 Å². The summed E-state index contributed by atoms with van der Waals surface area (Å²) in [4.78, 5) is 21.2. The van der Waals surface area contributed by atoms with Crippen LogP contribution in [0.15, 0.2) is 35.3 Å². The Balaban J connectivity index is 1.16. The van der Waals surface area contributed by atoms with Gasteiger partial charge < -0.3 is 18.6 Å². The highest BCUT2D eigenvalue weighted by atomic mass is 16.5. The number of aromatic nitrogens is 2. The molecule has 0 saturated carbocycles. The normalized spacial score (nSPS) is 25.0. The number of hydrogen-bond acceptors (Lipinski definition) is 5. The minimum absolute atomic E-state index is 0.0393. The lowest BCUT2D eigenvalue weighted by atomic mass is 9.88. The van der Waals surface area contributed by atoms with Crippen molar-refractivity contribution in [2.24, 2.45) is 0 Å². The van der Waals surface area contributed by atoms with E-state index in [9.17, 15) is 4.79 Å². The zero-order chi connectivity index (χ0) is 18.3. The maximum Gasteiger partial charge on any atom is 0.289 e. The number of carbonyl (C=O) groups is 1. The molecule has 1 amide bonds. The minimum Gasteiger partial charge on any atom is -0.454 e. The summed E-state index contributed by atoms with van der Waals surface area (Å²) in [6, 6.07) is 4.15. The second-order valence-electron chi connectivity index (χ2n) is 8.11. The van der Waals surface area contributed by atoms with Crippen LogP contribution >= 0.6 is 0 Å². The number of piperidine rings is 1. The molecule has 0 aromatic carbocycles. The summed E-state index contributed by atoms with van der Waals surface area (Å²) in [6.07, 6.45) is 10.3. The molecule has 1 atom stereocenters. The van der Waals surface area contributed by atoms with Gasteiger partial charge >= 0.3 is 0 Å². The van der Waals surface area contributed by atoms with E-state index >= 15 is 0 Å². The third kappa shape index (κ3) is 3.30.